The molecule has 9 heavy (non-hydrogen) atoms. The largest absolute Gasteiger partial charge is 0.381 e. The fourth-order valence-electron chi connectivity index (χ4n) is 1.53. The van der Waals surface area contributed by atoms with Gasteiger partial charge in [0.25, 0.3) is 0 Å². The zero-order valence-electron chi connectivity index (χ0n) is 5.56. The average Bonchev–Trinajstić information content (AvgIpc) is 1.87. The molecule has 0 aromatic heterocycles. The van der Waals surface area contributed by atoms with E-state index in [-0.39, 0.29) is 5.60 Å². The maximum absolute atomic E-state index is 5.48. The highest BCUT2D eigenvalue weighted by molar-refractivity contribution is 4.88. The van der Waals surface area contributed by atoms with Gasteiger partial charge in [0.15, 0.2) is 0 Å². The van der Waals surface area contributed by atoms with E-state index < -0.39 is 0 Å². The Morgan fingerprint density at radius 2 is 1.56 bits per heavy atom. The first-order valence-electron chi connectivity index (χ1n) is 3.63. The number of ether oxygens (including phenoxy) is 2. The van der Waals surface area contributed by atoms with Crippen LogP contribution >= 0.6 is 0 Å². The second kappa shape index (κ2) is 1.96. The van der Waals surface area contributed by atoms with Crippen LogP contribution in [-0.4, -0.2) is 25.4 Å². The Hall–Kier alpha value is -0.0800. The highest BCUT2D eigenvalue weighted by Gasteiger charge is 2.39. The highest BCUT2D eigenvalue weighted by Crippen LogP contribution is 2.35. The van der Waals surface area contributed by atoms with Crippen LogP contribution in [0, 0.1) is 0 Å². The summed E-state index contributed by atoms with van der Waals surface area (Å²) in [6.45, 7) is 2.78. The molecule has 2 aliphatic heterocycles. The fraction of sp³-hybridized carbons (Fsp3) is 1.00. The van der Waals surface area contributed by atoms with Gasteiger partial charge in [-0.05, 0) is 19.3 Å². The zero-order chi connectivity index (χ0) is 6.16. The van der Waals surface area contributed by atoms with Crippen molar-refractivity contribution in [1.29, 1.82) is 0 Å². The Bertz CT molecular complexity index is 99.5. The summed E-state index contributed by atoms with van der Waals surface area (Å²) in [6.07, 6.45) is 3.50. The fourth-order valence-corrected chi connectivity index (χ4v) is 1.53. The molecule has 0 amide bonds. The van der Waals surface area contributed by atoms with Crippen LogP contribution in [0.25, 0.3) is 0 Å². The molecule has 0 bridgehead atoms. The van der Waals surface area contributed by atoms with E-state index in [0.29, 0.717) is 0 Å². The predicted molar refractivity (Wildman–Crippen MR) is 33.4 cm³/mol. The third kappa shape index (κ3) is 0.864. The first-order chi connectivity index (χ1) is 4.41. The third-order valence-electron chi connectivity index (χ3n) is 2.37. The minimum Gasteiger partial charge on any atom is -0.381 e. The minimum atomic E-state index is 0.276. The lowest BCUT2D eigenvalue weighted by molar-refractivity contribution is -0.188. The first kappa shape index (κ1) is 5.69. The van der Waals surface area contributed by atoms with Gasteiger partial charge >= 0.3 is 0 Å². The van der Waals surface area contributed by atoms with Crippen molar-refractivity contribution in [2.75, 3.05) is 19.8 Å². The molecule has 0 aromatic carbocycles. The van der Waals surface area contributed by atoms with E-state index in [4.69, 9.17) is 9.47 Å². The quantitative estimate of drug-likeness (QED) is 0.483. The maximum Gasteiger partial charge on any atom is 0.0748 e. The van der Waals surface area contributed by atoms with E-state index in [9.17, 15) is 0 Å². The summed E-state index contributed by atoms with van der Waals surface area (Å²) < 4.78 is 10.7. The summed E-state index contributed by atoms with van der Waals surface area (Å²) in [4.78, 5) is 0. The molecule has 0 N–H and O–H groups in total. The molecule has 2 rings (SSSR count). The Balaban J connectivity index is 1.93. The third-order valence-corrected chi connectivity index (χ3v) is 2.37. The van der Waals surface area contributed by atoms with Gasteiger partial charge in [-0.15, -0.1) is 0 Å². The molecule has 2 heterocycles. The van der Waals surface area contributed by atoms with Gasteiger partial charge in [-0.1, -0.05) is 0 Å². The van der Waals surface area contributed by atoms with Crippen molar-refractivity contribution in [1.82, 2.24) is 0 Å². The van der Waals surface area contributed by atoms with Crippen molar-refractivity contribution >= 4 is 0 Å². The van der Waals surface area contributed by atoms with Gasteiger partial charge in [0.2, 0.25) is 0 Å². The molecule has 52 valence electrons. The van der Waals surface area contributed by atoms with Crippen molar-refractivity contribution in [2.45, 2.75) is 24.9 Å². The molecular weight excluding hydrogens is 116 g/mol. The average molecular weight is 128 g/mol. The van der Waals surface area contributed by atoms with Crippen LogP contribution in [0.5, 0.6) is 0 Å². The Morgan fingerprint density at radius 1 is 0.889 bits per heavy atom. The van der Waals surface area contributed by atoms with Gasteiger partial charge in [0, 0.05) is 13.2 Å². The molecule has 0 atom stereocenters. The topological polar surface area (TPSA) is 18.5 Å². The van der Waals surface area contributed by atoms with Crippen molar-refractivity contribution < 1.29 is 9.47 Å². The second-order valence-electron chi connectivity index (χ2n) is 2.89. The monoisotopic (exact) mass is 128 g/mol. The van der Waals surface area contributed by atoms with E-state index in [1.807, 2.05) is 0 Å². The smallest absolute Gasteiger partial charge is 0.0748 e. The molecule has 2 saturated heterocycles. The van der Waals surface area contributed by atoms with E-state index in [1.54, 1.807) is 0 Å². The molecule has 0 aromatic rings. The molecule has 2 fully saturated rings. The zero-order valence-corrected chi connectivity index (χ0v) is 5.56. The second-order valence-corrected chi connectivity index (χ2v) is 2.89. The number of hydrogen-bond donors (Lipinski definition) is 0. The highest BCUT2D eigenvalue weighted by atomic mass is 16.5. The van der Waals surface area contributed by atoms with Gasteiger partial charge in [-0.2, -0.15) is 0 Å². The van der Waals surface area contributed by atoms with E-state index in [0.717, 1.165) is 32.7 Å². The molecule has 2 aliphatic rings. The van der Waals surface area contributed by atoms with Gasteiger partial charge in [0.1, 0.15) is 0 Å². The lowest BCUT2D eigenvalue weighted by atomic mass is 9.87. The van der Waals surface area contributed by atoms with Crippen LogP contribution in [-0.2, 0) is 9.47 Å². The van der Waals surface area contributed by atoms with Gasteiger partial charge in [-0.3, -0.25) is 0 Å². The normalized spacial score (nSPS) is 32.0. The lowest BCUT2D eigenvalue weighted by Gasteiger charge is -2.44. The van der Waals surface area contributed by atoms with Crippen LogP contribution < -0.4 is 0 Å². The molecular formula is C7H12O2. The van der Waals surface area contributed by atoms with E-state index >= 15 is 0 Å². The molecule has 2 nitrogen and oxygen atoms in total. The summed E-state index contributed by atoms with van der Waals surface area (Å²) in [6, 6.07) is 0. The van der Waals surface area contributed by atoms with Crippen LogP contribution in [0.1, 0.15) is 19.3 Å². The SMILES string of the molecule is C1CC2(CCO1)CCO2. The summed E-state index contributed by atoms with van der Waals surface area (Å²) in [5.41, 5.74) is 0.276. The van der Waals surface area contributed by atoms with Crippen molar-refractivity contribution in [2.24, 2.45) is 0 Å². The Kier molecular flexibility index (Phi) is 1.24. The van der Waals surface area contributed by atoms with Gasteiger partial charge in [0.05, 0.1) is 12.2 Å². The standard InChI is InChI=1S/C7H12O2/c1-4-8-5-2-7(1)3-6-9-7/h1-6H2. The Labute approximate surface area is 55.1 Å². The van der Waals surface area contributed by atoms with Gasteiger partial charge in [-0.25, -0.2) is 0 Å². The molecule has 0 aliphatic carbocycles. The minimum absolute atomic E-state index is 0.276. The summed E-state index contributed by atoms with van der Waals surface area (Å²) in [7, 11) is 0. The number of hydrogen-bond acceptors (Lipinski definition) is 2. The molecule has 2 heteroatoms. The van der Waals surface area contributed by atoms with Gasteiger partial charge < -0.3 is 9.47 Å². The molecule has 0 unspecified atom stereocenters. The predicted octanol–water partition coefficient (Wildman–Crippen LogP) is 0.956. The van der Waals surface area contributed by atoms with Crippen molar-refractivity contribution in [3.8, 4) is 0 Å². The van der Waals surface area contributed by atoms with Crippen LogP contribution in [0.4, 0.5) is 0 Å². The first-order valence-corrected chi connectivity index (χ1v) is 3.63. The van der Waals surface area contributed by atoms with E-state index in [1.165, 1.54) is 6.42 Å². The van der Waals surface area contributed by atoms with Crippen molar-refractivity contribution in [3.63, 3.8) is 0 Å². The molecule has 0 saturated carbocycles. The molecule has 1 spiro atoms. The molecule has 0 radical (unpaired) electrons. The number of rotatable bonds is 0. The van der Waals surface area contributed by atoms with E-state index in [2.05, 4.69) is 0 Å². The Morgan fingerprint density at radius 3 is 1.89 bits per heavy atom. The van der Waals surface area contributed by atoms with Crippen LogP contribution in [0.3, 0.4) is 0 Å². The summed E-state index contributed by atoms with van der Waals surface area (Å²) in [5, 5.41) is 0. The lowest BCUT2D eigenvalue weighted by Crippen LogP contribution is -2.47. The summed E-state index contributed by atoms with van der Waals surface area (Å²) >= 11 is 0. The van der Waals surface area contributed by atoms with Crippen LogP contribution in [0.2, 0.25) is 0 Å². The maximum atomic E-state index is 5.48. The van der Waals surface area contributed by atoms with Crippen LogP contribution in [0.15, 0.2) is 0 Å². The summed E-state index contributed by atoms with van der Waals surface area (Å²) in [5.74, 6) is 0. The van der Waals surface area contributed by atoms with Crippen molar-refractivity contribution in [3.05, 3.63) is 0 Å².